The third kappa shape index (κ3) is 6.36. The van der Waals surface area contributed by atoms with E-state index in [4.69, 9.17) is 0 Å². The highest BCUT2D eigenvalue weighted by Gasteiger charge is 2.51. The van der Waals surface area contributed by atoms with Crippen molar-refractivity contribution in [2.24, 2.45) is 0 Å². The molecule has 2 aliphatic carbocycles. The molecule has 0 N–H and O–H groups in total. The smallest absolute Gasteiger partial charge is 0.0725 e. The number of aryl methyl sites for hydroxylation is 2. The molecule has 1 nitrogen and oxygen atoms in total. The molecule has 0 fully saturated rings. The molecule has 0 amide bonds. The van der Waals surface area contributed by atoms with Crippen LogP contribution in [0.5, 0.6) is 0 Å². The van der Waals surface area contributed by atoms with Crippen molar-refractivity contribution in [3.8, 4) is 83.6 Å². The largest absolute Gasteiger partial charge is 0.309 e. The van der Waals surface area contributed by atoms with Crippen LogP contribution in [-0.4, -0.2) is 4.57 Å². The van der Waals surface area contributed by atoms with Crippen LogP contribution in [0.1, 0.15) is 33.4 Å². The fourth-order valence-electron chi connectivity index (χ4n) is 13.1. The Labute approximate surface area is 431 Å². The van der Waals surface area contributed by atoms with Crippen molar-refractivity contribution in [3.05, 3.63) is 294 Å². The molecule has 13 aromatic rings. The van der Waals surface area contributed by atoms with Gasteiger partial charge in [-0.1, -0.05) is 217 Å². The Hall–Kier alpha value is -9.30. The van der Waals surface area contributed by atoms with Crippen molar-refractivity contribution in [2.75, 3.05) is 0 Å². The van der Waals surface area contributed by atoms with Crippen LogP contribution in [0.4, 0.5) is 0 Å². The second kappa shape index (κ2) is 16.4. The maximum Gasteiger partial charge on any atom is 0.0725 e. The first-order valence-corrected chi connectivity index (χ1v) is 25.9. The molecule has 1 heterocycles. The van der Waals surface area contributed by atoms with Crippen LogP contribution in [0.15, 0.2) is 261 Å². The summed E-state index contributed by atoms with van der Waals surface area (Å²) in [6, 6.07) is 97.9. The van der Waals surface area contributed by atoms with Gasteiger partial charge in [0.05, 0.1) is 16.4 Å². The summed E-state index contributed by atoms with van der Waals surface area (Å²) < 4.78 is 2.47. The Morgan fingerprint density at radius 1 is 0.270 bits per heavy atom. The minimum absolute atomic E-state index is 0.394. The number of nitrogens with zero attached hydrogens (tertiary/aromatic N) is 1. The lowest BCUT2D eigenvalue weighted by Gasteiger charge is -2.30. The third-order valence-corrected chi connectivity index (χ3v) is 16.3. The number of fused-ring (bicyclic) bond motifs is 15. The quantitative estimate of drug-likeness (QED) is 0.157. The van der Waals surface area contributed by atoms with Gasteiger partial charge in [0.15, 0.2) is 0 Å². The molecule has 346 valence electrons. The maximum absolute atomic E-state index is 2.50. The zero-order valence-corrected chi connectivity index (χ0v) is 41.3. The molecule has 1 heteroatoms. The van der Waals surface area contributed by atoms with E-state index in [1.165, 1.54) is 144 Å². The molecule has 0 saturated carbocycles. The van der Waals surface area contributed by atoms with E-state index in [9.17, 15) is 0 Å². The van der Waals surface area contributed by atoms with Crippen molar-refractivity contribution in [3.63, 3.8) is 0 Å². The third-order valence-electron chi connectivity index (χ3n) is 16.3. The Morgan fingerprint density at radius 3 is 1.32 bits per heavy atom. The van der Waals surface area contributed by atoms with Gasteiger partial charge < -0.3 is 4.57 Å². The lowest BCUT2D eigenvalue weighted by Crippen LogP contribution is -2.25. The number of hydrogen-bond donors (Lipinski definition) is 0. The number of aromatic nitrogens is 1. The zero-order valence-electron chi connectivity index (χ0n) is 41.3. The van der Waals surface area contributed by atoms with Crippen molar-refractivity contribution in [1.82, 2.24) is 4.57 Å². The molecule has 1 aromatic heterocycles. The van der Waals surface area contributed by atoms with E-state index >= 15 is 0 Å². The zero-order chi connectivity index (χ0) is 49.1. The van der Waals surface area contributed by atoms with E-state index in [1.54, 1.807) is 0 Å². The predicted octanol–water partition coefficient (Wildman–Crippen LogP) is 19.2. The van der Waals surface area contributed by atoms with E-state index in [1.807, 2.05) is 0 Å². The normalized spacial score (nSPS) is 12.8. The first-order valence-electron chi connectivity index (χ1n) is 25.9. The SMILES string of the molecule is Cc1cc(C)cc(-c2ccc(-c3cc(-c4ccccc4)cc(-c4ccc(-n5c6ccc(-c7ccc8c(c7)C7(c9ccccc9-c9ccccc97)c7ccccc7-8)cc6c6c7ccccc7ccc65)cc4)c3)cc2)c1. The summed E-state index contributed by atoms with van der Waals surface area (Å²) in [6.45, 7) is 4.35. The van der Waals surface area contributed by atoms with Crippen LogP contribution >= 0.6 is 0 Å². The summed E-state index contributed by atoms with van der Waals surface area (Å²) >= 11 is 0. The highest BCUT2D eigenvalue weighted by Crippen LogP contribution is 2.63. The fourth-order valence-corrected chi connectivity index (χ4v) is 13.1. The van der Waals surface area contributed by atoms with Crippen LogP contribution in [0.3, 0.4) is 0 Å². The van der Waals surface area contributed by atoms with Gasteiger partial charge in [0.2, 0.25) is 0 Å². The molecule has 0 atom stereocenters. The molecule has 0 saturated heterocycles. The summed E-state index contributed by atoms with van der Waals surface area (Å²) in [5.41, 5.74) is 28.5. The number of hydrogen-bond acceptors (Lipinski definition) is 0. The average molecular weight is 940 g/mol. The number of rotatable bonds is 6. The number of benzene rings is 12. The van der Waals surface area contributed by atoms with Crippen molar-refractivity contribution >= 4 is 32.6 Å². The van der Waals surface area contributed by atoms with E-state index < -0.39 is 5.41 Å². The van der Waals surface area contributed by atoms with Gasteiger partial charge in [-0.3, -0.25) is 0 Å². The van der Waals surface area contributed by atoms with Crippen molar-refractivity contribution in [1.29, 1.82) is 0 Å². The van der Waals surface area contributed by atoms with Gasteiger partial charge in [-0.25, -0.2) is 0 Å². The topological polar surface area (TPSA) is 4.93 Å². The molecule has 74 heavy (non-hydrogen) atoms. The van der Waals surface area contributed by atoms with Crippen molar-refractivity contribution in [2.45, 2.75) is 19.3 Å². The Kier molecular flexibility index (Phi) is 9.37. The average Bonchev–Trinajstić information content (AvgIpc) is 4.09. The molecule has 0 bridgehead atoms. The monoisotopic (exact) mass is 939 g/mol. The predicted molar refractivity (Wildman–Crippen MR) is 311 cm³/mol. The van der Waals surface area contributed by atoms with Gasteiger partial charge in [0.1, 0.15) is 0 Å². The standard InChI is InChI=1S/C73H49N/c1-46-38-47(2)40-55(39-46)49-24-26-50(27-25-49)57-41-56(48-14-4-3-5-15-48)42-58(43-57)51-28-33-59(34-29-51)74-70-36-32-53(44-65(70)72-60-17-7-6-16-52(60)31-37-71(72)74)54-30-35-64-63-20-10-13-23-68(63)73(69(64)45-54)66-21-11-8-18-61(66)62-19-9-12-22-67(62)73/h3-45H,1-2H3. The van der Waals surface area contributed by atoms with Gasteiger partial charge in [-0.15, -0.1) is 0 Å². The molecular weight excluding hydrogens is 891 g/mol. The van der Waals surface area contributed by atoms with Gasteiger partial charge >= 0.3 is 0 Å². The minimum Gasteiger partial charge on any atom is -0.309 e. The van der Waals surface area contributed by atoms with Gasteiger partial charge in [-0.05, 0) is 179 Å². The molecule has 15 rings (SSSR count). The van der Waals surface area contributed by atoms with Crippen LogP contribution < -0.4 is 0 Å². The van der Waals surface area contributed by atoms with Crippen LogP contribution in [0.25, 0.3) is 116 Å². The van der Waals surface area contributed by atoms with Crippen LogP contribution in [0, 0.1) is 13.8 Å². The Morgan fingerprint density at radius 2 is 0.716 bits per heavy atom. The Bertz CT molecular complexity index is 4330. The van der Waals surface area contributed by atoms with E-state index in [-0.39, 0.29) is 0 Å². The van der Waals surface area contributed by atoms with Gasteiger partial charge in [0, 0.05) is 16.5 Å². The first kappa shape index (κ1) is 42.4. The highest BCUT2D eigenvalue weighted by molar-refractivity contribution is 6.22. The summed E-state index contributed by atoms with van der Waals surface area (Å²) in [5, 5.41) is 5.02. The Balaban J connectivity index is 0.855. The van der Waals surface area contributed by atoms with Gasteiger partial charge in [0.25, 0.3) is 0 Å². The van der Waals surface area contributed by atoms with E-state index in [0.29, 0.717) is 0 Å². The summed E-state index contributed by atoms with van der Waals surface area (Å²) in [4.78, 5) is 0. The lowest BCUT2D eigenvalue weighted by atomic mass is 9.70. The van der Waals surface area contributed by atoms with Crippen molar-refractivity contribution < 1.29 is 0 Å². The summed E-state index contributed by atoms with van der Waals surface area (Å²) in [7, 11) is 0. The lowest BCUT2D eigenvalue weighted by molar-refractivity contribution is 0.794. The molecule has 0 radical (unpaired) electrons. The second-order valence-corrected chi connectivity index (χ2v) is 20.6. The first-order chi connectivity index (χ1) is 36.5. The molecule has 0 aliphatic heterocycles. The van der Waals surface area contributed by atoms with E-state index in [2.05, 4.69) is 279 Å². The summed E-state index contributed by atoms with van der Waals surface area (Å²) in [5.74, 6) is 0. The van der Waals surface area contributed by atoms with Gasteiger partial charge in [-0.2, -0.15) is 0 Å². The molecule has 12 aromatic carbocycles. The highest BCUT2D eigenvalue weighted by atomic mass is 15.0. The molecular formula is C73H49N. The molecule has 1 spiro atoms. The second-order valence-electron chi connectivity index (χ2n) is 20.6. The van der Waals surface area contributed by atoms with Crippen LogP contribution in [-0.2, 0) is 5.41 Å². The maximum atomic E-state index is 2.50. The minimum atomic E-state index is -0.394. The molecule has 2 aliphatic rings. The molecule has 0 unspecified atom stereocenters. The van der Waals surface area contributed by atoms with Crippen LogP contribution in [0.2, 0.25) is 0 Å². The van der Waals surface area contributed by atoms with E-state index in [0.717, 1.165) is 5.69 Å². The fraction of sp³-hybridized carbons (Fsp3) is 0.0411. The summed E-state index contributed by atoms with van der Waals surface area (Å²) in [6.07, 6.45) is 0.